The molecule has 86 valence electrons. The molecule has 2 aromatic heterocycles. The van der Waals surface area contributed by atoms with Crippen LogP contribution in [0, 0.1) is 3.95 Å². The zero-order chi connectivity index (χ0) is 11.5. The Morgan fingerprint density at radius 2 is 2.44 bits per heavy atom. The fourth-order valence-corrected chi connectivity index (χ4v) is 3.19. The van der Waals surface area contributed by atoms with E-state index in [1.807, 2.05) is 0 Å². The van der Waals surface area contributed by atoms with Gasteiger partial charge >= 0.3 is 0 Å². The highest BCUT2D eigenvalue weighted by Gasteiger charge is 2.13. The van der Waals surface area contributed by atoms with E-state index in [0.29, 0.717) is 6.04 Å². The Bertz CT molecular complexity index is 485. The number of H-pyrrole nitrogens is 1. The number of hydrogen-bond acceptors (Lipinski definition) is 5. The first-order valence-electron chi connectivity index (χ1n) is 4.97. The molecule has 6 heteroatoms. The van der Waals surface area contributed by atoms with E-state index in [0.717, 1.165) is 15.5 Å². The number of likely N-dealkylation sites (N-methyl/N-ethyl adjacent to an activating group) is 1. The molecule has 0 saturated heterocycles. The third-order valence-electron chi connectivity index (χ3n) is 2.47. The molecular formula is C10H13N3S3. The van der Waals surface area contributed by atoms with E-state index in [1.165, 1.54) is 16.2 Å². The lowest BCUT2D eigenvalue weighted by Crippen LogP contribution is -2.30. The monoisotopic (exact) mass is 271 g/mol. The van der Waals surface area contributed by atoms with Crippen LogP contribution in [-0.4, -0.2) is 23.3 Å². The van der Waals surface area contributed by atoms with Gasteiger partial charge in [0.2, 0.25) is 5.13 Å². The molecule has 2 rings (SSSR count). The second-order valence-electron chi connectivity index (χ2n) is 3.64. The lowest BCUT2D eigenvalue weighted by Gasteiger charge is -2.23. The number of nitrogens with one attached hydrogen (secondary N) is 1. The number of aromatic nitrogens is 2. The Hall–Kier alpha value is -0.720. The van der Waals surface area contributed by atoms with E-state index in [1.54, 1.807) is 11.3 Å². The number of aromatic amines is 1. The fraction of sp³-hybridized carbons (Fsp3) is 0.400. The van der Waals surface area contributed by atoms with E-state index in [2.05, 4.69) is 46.6 Å². The first kappa shape index (κ1) is 11.8. The predicted octanol–water partition coefficient (Wildman–Crippen LogP) is 3.33. The summed E-state index contributed by atoms with van der Waals surface area (Å²) in [6.45, 7) is 2.20. The van der Waals surface area contributed by atoms with Crippen LogP contribution in [0.25, 0.3) is 0 Å². The van der Waals surface area contributed by atoms with E-state index in [-0.39, 0.29) is 0 Å². The number of thiophene rings is 1. The molecule has 1 unspecified atom stereocenters. The summed E-state index contributed by atoms with van der Waals surface area (Å²) in [5.41, 5.74) is 0. The summed E-state index contributed by atoms with van der Waals surface area (Å²) in [6, 6.07) is 4.68. The third kappa shape index (κ3) is 2.69. The van der Waals surface area contributed by atoms with Crippen molar-refractivity contribution in [3.8, 4) is 0 Å². The van der Waals surface area contributed by atoms with Gasteiger partial charge in [0, 0.05) is 24.4 Å². The molecule has 0 aliphatic heterocycles. The summed E-state index contributed by atoms with van der Waals surface area (Å²) < 4.78 is 0.727. The standard InChI is InChI=1S/C10H13N3S3/c1-7(6-8-4-3-5-15-8)13(2)9-11-12-10(14)16-9/h3-5,7H,6H2,1-2H3,(H,12,14). The first-order valence-corrected chi connectivity index (χ1v) is 7.08. The molecule has 0 amide bonds. The van der Waals surface area contributed by atoms with Gasteiger partial charge in [-0.15, -0.1) is 16.4 Å². The molecule has 0 saturated carbocycles. The van der Waals surface area contributed by atoms with Crippen molar-refractivity contribution in [1.82, 2.24) is 10.2 Å². The van der Waals surface area contributed by atoms with Crippen molar-refractivity contribution in [2.75, 3.05) is 11.9 Å². The molecule has 0 spiro atoms. The van der Waals surface area contributed by atoms with Crippen molar-refractivity contribution in [2.24, 2.45) is 0 Å². The highest BCUT2D eigenvalue weighted by Crippen LogP contribution is 2.21. The Morgan fingerprint density at radius 3 is 3.00 bits per heavy atom. The van der Waals surface area contributed by atoms with Crippen LogP contribution in [0.1, 0.15) is 11.8 Å². The van der Waals surface area contributed by atoms with E-state index in [9.17, 15) is 0 Å². The third-order valence-corrected chi connectivity index (χ3v) is 4.54. The molecule has 16 heavy (non-hydrogen) atoms. The molecular weight excluding hydrogens is 258 g/mol. The molecule has 0 radical (unpaired) electrons. The zero-order valence-electron chi connectivity index (χ0n) is 9.14. The SMILES string of the molecule is CC(Cc1cccs1)N(C)c1n[nH]c(=S)s1. The number of rotatable bonds is 4. The van der Waals surface area contributed by atoms with Crippen LogP contribution in [-0.2, 0) is 6.42 Å². The maximum absolute atomic E-state index is 5.03. The molecule has 0 aliphatic carbocycles. The summed E-state index contributed by atoms with van der Waals surface area (Å²) >= 11 is 8.34. The van der Waals surface area contributed by atoms with Crippen molar-refractivity contribution in [1.29, 1.82) is 0 Å². The highest BCUT2D eigenvalue weighted by atomic mass is 32.1. The lowest BCUT2D eigenvalue weighted by atomic mass is 10.2. The summed E-state index contributed by atoms with van der Waals surface area (Å²) in [5, 5.41) is 10.1. The van der Waals surface area contributed by atoms with Gasteiger partial charge in [-0.25, -0.2) is 0 Å². The molecule has 3 nitrogen and oxygen atoms in total. The van der Waals surface area contributed by atoms with Crippen LogP contribution in [0.2, 0.25) is 0 Å². The molecule has 1 N–H and O–H groups in total. The molecule has 0 bridgehead atoms. The molecule has 0 aliphatic rings. The Morgan fingerprint density at radius 1 is 1.62 bits per heavy atom. The van der Waals surface area contributed by atoms with Gasteiger partial charge in [-0.2, -0.15) is 0 Å². The number of anilines is 1. The van der Waals surface area contributed by atoms with Crippen LogP contribution >= 0.6 is 34.9 Å². The summed E-state index contributed by atoms with van der Waals surface area (Å²) in [5.74, 6) is 0. The van der Waals surface area contributed by atoms with Gasteiger partial charge in [-0.3, -0.25) is 5.10 Å². The van der Waals surface area contributed by atoms with Crippen LogP contribution in [0.3, 0.4) is 0 Å². The van der Waals surface area contributed by atoms with Gasteiger partial charge in [0.05, 0.1) is 0 Å². The van der Waals surface area contributed by atoms with Crippen molar-refractivity contribution in [3.63, 3.8) is 0 Å². The van der Waals surface area contributed by atoms with Gasteiger partial charge < -0.3 is 4.90 Å². The minimum atomic E-state index is 0.424. The average Bonchev–Trinajstić information content (AvgIpc) is 2.88. The van der Waals surface area contributed by atoms with Crippen LogP contribution in [0.15, 0.2) is 17.5 Å². The molecule has 1 atom stereocenters. The van der Waals surface area contributed by atoms with Gasteiger partial charge in [-0.05, 0) is 30.6 Å². The molecule has 0 fully saturated rings. The van der Waals surface area contributed by atoms with E-state index in [4.69, 9.17) is 12.2 Å². The van der Waals surface area contributed by atoms with Crippen LogP contribution < -0.4 is 4.90 Å². The van der Waals surface area contributed by atoms with Crippen molar-refractivity contribution < 1.29 is 0 Å². The zero-order valence-corrected chi connectivity index (χ0v) is 11.6. The van der Waals surface area contributed by atoms with E-state index >= 15 is 0 Å². The largest absolute Gasteiger partial charge is 0.347 e. The lowest BCUT2D eigenvalue weighted by molar-refractivity contribution is 0.683. The van der Waals surface area contributed by atoms with Crippen LogP contribution in [0.5, 0.6) is 0 Å². The topological polar surface area (TPSA) is 31.9 Å². The van der Waals surface area contributed by atoms with Gasteiger partial charge in [-0.1, -0.05) is 17.4 Å². The van der Waals surface area contributed by atoms with Crippen molar-refractivity contribution in [2.45, 2.75) is 19.4 Å². The number of hydrogen-bond donors (Lipinski definition) is 1. The maximum atomic E-state index is 5.03. The molecule has 0 aromatic carbocycles. The second-order valence-corrected chi connectivity index (χ2v) is 6.32. The minimum Gasteiger partial charge on any atom is -0.347 e. The van der Waals surface area contributed by atoms with Crippen molar-refractivity contribution in [3.05, 3.63) is 26.3 Å². The summed E-state index contributed by atoms with van der Waals surface area (Å²) in [6.07, 6.45) is 1.04. The predicted molar refractivity (Wildman–Crippen MR) is 73.2 cm³/mol. The molecule has 2 heterocycles. The minimum absolute atomic E-state index is 0.424. The van der Waals surface area contributed by atoms with Gasteiger partial charge in [0.1, 0.15) is 0 Å². The van der Waals surface area contributed by atoms with Gasteiger partial charge in [0.15, 0.2) is 3.95 Å². The fourth-order valence-electron chi connectivity index (χ4n) is 1.42. The first-order chi connectivity index (χ1) is 7.66. The number of nitrogens with zero attached hydrogens (tertiary/aromatic N) is 2. The van der Waals surface area contributed by atoms with Crippen LogP contribution in [0.4, 0.5) is 5.13 Å². The summed E-state index contributed by atoms with van der Waals surface area (Å²) in [4.78, 5) is 3.56. The highest BCUT2D eigenvalue weighted by molar-refractivity contribution is 7.73. The molecule has 2 aromatic rings. The van der Waals surface area contributed by atoms with Crippen molar-refractivity contribution >= 4 is 40.0 Å². The Labute approximate surface area is 108 Å². The average molecular weight is 271 g/mol. The second kappa shape index (κ2) is 5.07. The Kier molecular flexibility index (Phi) is 3.73. The smallest absolute Gasteiger partial charge is 0.206 e. The quantitative estimate of drug-likeness (QED) is 0.866. The summed E-state index contributed by atoms with van der Waals surface area (Å²) in [7, 11) is 2.06. The van der Waals surface area contributed by atoms with E-state index < -0.39 is 0 Å². The normalized spacial score (nSPS) is 12.6. The maximum Gasteiger partial charge on any atom is 0.206 e. The Balaban J connectivity index is 2.04. The van der Waals surface area contributed by atoms with Gasteiger partial charge in [0.25, 0.3) is 0 Å².